The van der Waals surface area contributed by atoms with Crippen LogP contribution in [0.15, 0.2) is 77.7 Å². The first-order chi connectivity index (χ1) is 16.4. The van der Waals surface area contributed by atoms with Crippen molar-refractivity contribution in [2.45, 2.75) is 20.3 Å². The lowest BCUT2D eigenvalue weighted by atomic mass is 10.1. The van der Waals surface area contributed by atoms with Gasteiger partial charge in [0.05, 0.1) is 10.6 Å². The van der Waals surface area contributed by atoms with Gasteiger partial charge in [-0.25, -0.2) is 0 Å². The molecule has 1 aliphatic heterocycles. The fourth-order valence-corrected chi connectivity index (χ4v) is 4.81. The molecular formula is C27H24N2O3S2. The molecule has 0 aliphatic carbocycles. The van der Waals surface area contributed by atoms with Crippen LogP contribution in [0.5, 0.6) is 5.75 Å². The van der Waals surface area contributed by atoms with Crippen molar-refractivity contribution in [3.63, 3.8) is 0 Å². The summed E-state index contributed by atoms with van der Waals surface area (Å²) in [5.41, 5.74) is 4.52. The van der Waals surface area contributed by atoms with Gasteiger partial charge in [-0.05, 0) is 60.9 Å². The molecule has 1 aliphatic rings. The highest BCUT2D eigenvalue weighted by atomic mass is 32.2. The molecule has 3 aromatic carbocycles. The van der Waals surface area contributed by atoms with E-state index in [-0.39, 0.29) is 18.4 Å². The summed E-state index contributed by atoms with van der Waals surface area (Å²) in [7, 11) is 0. The summed E-state index contributed by atoms with van der Waals surface area (Å²) < 4.78 is 6.20. The molecule has 5 nitrogen and oxygen atoms in total. The Morgan fingerprint density at radius 1 is 1.09 bits per heavy atom. The number of aryl methyl sites for hydroxylation is 2. The number of carbonyl (C=O) groups is 2. The number of hydrogen-bond donors (Lipinski definition) is 1. The van der Waals surface area contributed by atoms with Crippen molar-refractivity contribution in [2.75, 3.05) is 16.8 Å². The number of anilines is 2. The first kappa shape index (κ1) is 23.7. The molecule has 0 unspecified atom stereocenters. The van der Waals surface area contributed by atoms with E-state index in [0.717, 1.165) is 34.5 Å². The second kappa shape index (κ2) is 10.7. The Kier molecular flexibility index (Phi) is 7.45. The predicted molar refractivity (Wildman–Crippen MR) is 143 cm³/mol. The van der Waals surface area contributed by atoms with Gasteiger partial charge in [-0.1, -0.05) is 78.9 Å². The number of nitrogens with zero attached hydrogens (tertiary/aromatic N) is 1. The number of amides is 2. The molecule has 0 spiro atoms. The van der Waals surface area contributed by atoms with Gasteiger partial charge in [0.1, 0.15) is 5.75 Å². The van der Waals surface area contributed by atoms with Gasteiger partial charge < -0.3 is 10.1 Å². The van der Waals surface area contributed by atoms with Crippen LogP contribution in [0.25, 0.3) is 6.08 Å². The van der Waals surface area contributed by atoms with Crippen molar-refractivity contribution in [1.82, 2.24) is 0 Å². The summed E-state index contributed by atoms with van der Waals surface area (Å²) in [5.74, 6) is 0.158. The van der Waals surface area contributed by atoms with Crippen LogP contribution in [0, 0.1) is 6.92 Å². The molecule has 2 amide bonds. The van der Waals surface area contributed by atoms with Crippen molar-refractivity contribution in [3.05, 3.63) is 94.4 Å². The molecule has 34 heavy (non-hydrogen) atoms. The first-order valence-electron chi connectivity index (χ1n) is 10.9. The number of hydrogen-bond acceptors (Lipinski definition) is 5. The maximum absolute atomic E-state index is 13.0. The van der Waals surface area contributed by atoms with Gasteiger partial charge in [-0.2, -0.15) is 0 Å². The van der Waals surface area contributed by atoms with Crippen LogP contribution >= 0.6 is 24.0 Å². The van der Waals surface area contributed by atoms with E-state index >= 15 is 0 Å². The lowest BCUT2D eigenvalue weighted by Crippen LogP contribution is -2.27. The number of ether oxygens (including phenoxy) is 1. The standard InChI is InChI=1S/C27H24N2O3S2/c1-3-20-8-4-5-10-23(20)28-25(30)17-32-22-9-6-7-19(15-22)16-24-26(31)29(27(33)34-24)21-13-11-18(2)12-14-21/h4-16H,3,17H2,1-2H3,(H,28,30)/b24-16-. The molecule has 4 rings (SSSR count). The Balaban J connectivity index is 1.42. The molecule has 0 bridgehead atoms. The number of benzene rings is 3. The zero-order valence-electron chi connectivity index (χ0n) is 18.9. The van der Waals surface area contributed by atoms with Gasteiger partial charge in [-0.15, -0.1) is 0 Å². The van der Waals surface area contributed by atoms with Crippen molar-refractivity contribution in [3.8, 4) is 5.75 Å². The zero-order chi connectivity index (χ0) is 24.1. The normalized spacial score (nSPS) is 14.5. The predicted octanol–water partition coefficient (Wildman–Crippen LogP) is 5.98. The highest BCUT2D eigenvalue weighted by Gasteiger charge is 2.33. The van der Waals surface area contributed by atoms with Gasteiger partial charge in [0.15, 0.2) is 10.9 Å². The lowest BCUT2D eigenvalue weighted by molar-refractivity contribution is -0.118. The monoisotopic (exact) mass is 488 g/mol. The number of para-hydroxylation sites is 1. The van der Waals surface area contributed by atoms with Crippen LogP contribution in [0.1, 0.15) is 23.6 Å². The van der Waals surface area contributed by atoms with Crippen molar-refractivity contribution in [2.24, 2.45) is 0 Å². The van der Waals surface area contributed by atoms with E-state index in [1.807, 2.05) is 74.5 Å². The molecule has 7 heteroatoms. The maximum Gasteiger partial charge on any atom is 0.270 e. The first-order valence-corrected chi connectivity index (χ1v) is 12.1. The number of thioether (sulfide) groups is 1. The third-order valence-corrected chi connectivity index (χ3v) is 6.59. The van der Waals surface area contributed by atoms with E-state index in [1.54, 1.807) is 23.1 Å². The van der Waals surface area contributed by atoms with Crippen LogP contribution < -0.4 is 15.0 Å². The van der Waals surface area contributed by atoms with Crippen LogP contribution in [-0.2, 0) is 16.0 Å². The van der Waals surface area contributed by atoms with E-state index in [9.17, 15) is 9.59 Å². The van der Waals surface area contributed by atoms with Gasteiger partial charge >= 0.3 is 0 Å². The second-order valence-corrected chi connectivity index (χ2v) is 9.45. The van der Waals surface area contributed by atoms with E-state index in [0.29, 0.717) is 15.0 Å². The smallest absolute Gasteiger partial charge is 0.270 e. The number of nitrogens with one attached hydrogen (secondary N) is 1. The number of thiocarbonyl (C=S) groups is 1. The molecule has 0 radical (unpaired) electrons. The summed E-state index contributed by atoms with van der Waals surface area (Å²) in [6.45, 7) is 3.93. The molecule has 0 aromatic heterocycles. The van der Waals surface area contributed by atoms with Crippen molar-refractivity contribution >= 4 is 57.6 Å². The molecule has 0 atom stereocenters. The Labute approximate surface area is 208 Å². The van der Waals surface area contributed by atoms with Crippen LogP contribution in [0.4, 0.5) is 11.4 Å². The second-order valence-electron chi connectivity index (χ2n) is 7.77. The Hall–Kier alpha value is -3.42. The fraction of sp³-hybridized carbons (Fsp3) is 0.148. The third-order valence-electron chi connectivity index (χ3n) is 5.28. The number of carbonyl (C=O) groups excluding carboxylic acids is 2. The van der Waals surface area contributed by atoms with Gasteiger partial charge in [0.25, 0.3) is 11.8 Å². The molecular weight excluding hydrogens is 464 g/mol. The summed E-state index contributed by atoms with van der Waals surface area (Å²) >= 11 is 6.72. The third kappa shape index (κ3) is 5.55. The van der Waals surface area contributed by atoms with Gasteiger partial charge in [0.2, 0.25) is 0 Å². The highest BCUT2D eigenvalue weighted by molar-refractivity contribution is 8.27. The van der Waals surface area contributed by atoms with E-state index < -0.39 is 0 Å². The fourth-order valence-electron chi connectivity index (χ4n) is 3.52. The average molecular weight is 489 g/mol. The number of rotatable bonds is 7. The minimum absolute atomic E-state index is 0.114. The molecule has 1 saturated heterocycles. The topological polar surface area (TPSA) is 58.6 Å². The zero-order valence-corrected chi connectivity index (χ0v) is 20.5. The van der Waals surface area contributed by atoms with Crippen LogP contribution in [0.2, 0.25) is 0 Å². The van der Waals surface area contributed by atoms with Gasteiger partial charge in [-0.3, -0.25) is 14.5 Å². The quantitative estimate of drug-likeness (QED) is 0.327. The van der Waals surface area contributed by atoms with E-state index in [1.165, 1.54) is 11.8 Å². The van der Waals surface area contributed by atoms with E-state index in [2.05, 4.69) is 5.32 Å². The molecule has 1 fully saturated rings. The largest absolute Gasteiger partial charge is 0.484 e. The summed E-state index contributed by atoms with van der Waals surface area (Å²) in [4.78, 5) is 27.5. The minimum Gasteiger partial charge on any atom is -0.484 e. The van der Waals surface area contributed by atoms with Gasteiger partial charge in [0, 0.05) is 5.69 Å². The summed E-state index contributed by atoms with van der Waals surface area (Å²) in [6, 6.07) is 22.7. The Bertz CT molecular complexity index is 1270. The Morgan fingerprint density at radius 3 is 2.62 bits per heavy atom. The molecule has 0 saturated carbocycles. The van der Waals surface area contributed by atoms with Crippen LogP contribution in [-0.4, -0.2) is 22.7 Å². The van der Waals surface area contributed by atoms with Crippen molar-refractivity contribution in [1.29, 1.82) is 0 Å². The highest BCUT2D eigenvalue weighted by Crippen LogP contribution is 2.36. The molecule has 1 N–H and O–H groups in total. The van der Waals surface area contributed by atoms with E-state index in [4.69, 9.17) is 17.0 Å². The Morgan fingerprint density at radius 2 is 1.85 bits per heavy atom. The van der Waals surface area contributed by atoms with Crippen molar-refractivity contribution < 1.29 is 14.3 Å². The molecule has 1 heterocycles. The average Bonchev–Trinajstić information content (AvgIpc) is 3.11. The lowest BCUT2D eigenvalue weighted by Gasteiger charge is -2.14. The van der Waals surface area contributed by atoms with Crippen LogP contribution in [0.3, 0.4) is 0 Å². The SMILES string of the molecule is CCc1ccccc1NC(=O)COc1cccc(/C=C2\SC(=S)N(c3ccc(C)cc3)C2=O)c1. The molecule has 3 aromatic rings. The molecule has 172 valence electrons. The summed E-state index contributed by atoms with van der Waals surface area (Å²) in [6.07, 6.45) is 2.62. The maximum atomic E-state index is 13.0. The minimum atomic E-state index is -0.231. The summed E-state index contributed by atoms with van der Waals surface area (Å²) in [5, 5.41) is 2.90.